The Hall–Kier alpha value is -1.37. The van der Waals surface area contributed by atoms with E-state index in [1.165, 1.54) is 25.1 Å². The fourth-order valence-corrected chi connectivity index (χ4v) is 1.20. The van der Waals surface area contributed by atoms with Gasteiger partial charge in [0.25, 0.3) is 5.97 Å². The van der Waals surface area contributed by atoms with Crippen LogP contribution < -0.4 is 18.9 Å². The molecule has 86 valence electrons. The van der Waals surface area contributed by atoms with E-state index >= 15 is 0 Å². The number of phenols is 1. The van der Waals surface area contributed by atoms with Crippen LogP contribution in [0.2, 0.25) is 0 Å². The Morgan fingerprint density at radius 2 is 2.06 bits per heavy atom. The molecule has 0 heterocycles. The molecule has 0 fully saturated rings. The van der Waals surface area contributed by atoms with Gasteiger partial charge in [0.1, 0.15) is 0 Å². The molecule has 5 heteroatoms. The van der Waals surface area contributed by atoms with Crippen molar-refractivity contribution in [2.24, 2.45) is 0 Å². The summed E-state index contributed by atoms with van der Waals surface area (Å²) in [5, 5.41) is 9.21. The quantitative estimate of drug-likeness (QED) is 0.229. The predicted octanol–water partition coefficient (Wildman–Crippen LogP) is -1.26. The zero-order valence-electron chi connectivity index (χ0n) is 10.2. The second-order valence-electron chi connectivity index (χ2n) is 3.22. The first-order valence-corrected chi connectivity index (χ1v) is 4.90. The van der Waals surface area contributed by atoms with Gasteiger partial charge in [-0.25, -0.2) is 0 Å². The van der Waals surface area contributed by atoms with Gasteiger partial charge in [-0.3, -0.25) is 4.79 Å². The van der Waals surface area contributed by atoms with E-state index in [4.69, 9.17) is 4.74 Å². The van der Waals surface area contributed by atoms with Crippen molar-refractivity contribution >= 4 is 11.8 Å². The molecule has 1 rings (SSSR count). The Kier molecular flexibility index (Phi) is 6.48. The number of benzene rings is 1. The molecule has 1 aromatic carbocycles. The van der Waals surface area contributed by atoms with Gasteiger partial charge in [0, 0.05) is 5.78 Å². The van der Waals surface area contributed by atoms with Crippen molar-refractivity contribution in [1.29, 1.82) is 0 Å². The molecule has 17 heavy (non-hydrogen) atoms. The van der Waals surface area contributed by atoms with Crippen LogP contribution in [0.5, 0.6) is 5.75 Å². The summed E-state index contributed by atoms with van der Waals surface area (Å²) in [6.07, 6.45) is 0. The van der Waals surface area contributed by atoms with Crippen LogP contribution in [0.3, 0.4) is 0 Å². The molecule has 0 unspecified atom stereocenters. The van der Waals surface area contributed by atoms with Gasteiger partial charge in [0.05, 0.1) is 12.4 Å². The van der Waals surface area contributed by atoms with Gasteiger partial charge >= 0.3 is 18.9 Å². The molecule has 0 saturated heterocycles. The molecule has 0 radical (unpaired) electrons. The standard InChI is InChI=1S/C12H13O4.Li/c1-3-16-12(15)8(2)11(14)9-5-4-6-10(13)7-9;/h4-7,13H,3H2,1-2H3;/q-1;+1. The molecule has 0 aliphatic heterocycles. The summed E-state index contributed by atoms with van der Waals surface area (Å²) in [4.78, 5) is 23.1. The average Bonchev–Trinajstić information content (AvgIpc) is 2.27. The smallest absolute Gasteiger partial charge is 0.510 e. The summed E-state index contributed by atoms with van der Waals surface area (Å²) in [5.41, 5.74) is 0.269. The topological polar surface area (TPSA) is 63.6 Å². The number of carbonyl (C=O) groups excluding carboxylic acids is 2. The van der Waals surface area contributed by atoms with Crippen LogP contribution in [-0.4, -0.2) is 23.5 Å². The van der Waals surface area contributed by atoms with Crippen LogP contribution in [0.15, 0.2) is 24.3 Å². The Labute approximate surface area is 112 Å². The van der Waals surface area contributed by atoms with E-state index in [-0.39, 0.29) is 42.7 Å². The van der Waals surface area contributed by atoms with Gasteiger partial charge in [-0.2, -0.15) is 0 Å². The van der Waals surface area contributed by atoms with Gasteiger partial charge < -0.3 is 14.6 Å². The molecule has 0 aliphatic carbocycles. The minimum Gasteiger partial charge on any atom is -0.510 e. The van der Waals surface area contributed by atoms with Gasteiger partial charge in [-0.05, 0) is 13.0 Å². The predicted molar refractivity (Wildman–Crippen MR) is 58.0 cm³/mol. The molecule has 1 aromatic rings. The maximum Gasteiger partial charge on any atom is 1.00 e. The van der Waals surface area contributed by atoms with Crippen LogP contribution >= 0.6 is 0 Å². The first-order valence-electron chi connectivity index (χ1n) is 4.90. The van der Waals surface area contributed by atoms with Gasteiger partial charge in [0.15, 0.2) is 0 Å². The van der Waals surface area contributed by atoms with E-state index in [1.54, 1.807) is 13.0 Å². The first kappa shape index (κ1) is 15.6. The number of ether oxygens (including phenoxy) is 1. The molecular formula is C12H13LiO4. The number of esters is 1. The summed E-state index contributed by atoms with van der Waals surface area (Å²) in [5.74, 6) is -1.07. The number of hydrogen-bond acceptors (Lipinski definition) is 4. The number of hydrogen-bond donors (Lipinski definition) is 1. The summed E-state index contributed by atoms with van der Waals surface area (Å²) < 4.78 is 4.72. The van der Waals surface area contributed by atoms with Crippen molar-refractivity contribution in [1.82, 2.24) is 0 Å². The Morgan fingerprint density at radius 1 is 1.41 bits per heavy atom. The van der Waals surface area contributed by atoms with Crippen molar-refractivity contribution in [3.63, 3.8) is 0 Å². The number of Topliss-reactive ketones (excluding diaryl/α,β-unsaturated/α-hetero) is 1. The summed E-state index contributed by atoms with van der Waals surface area (Å²) in [7, 11) is 0. The minimum atomic E-state index is -0.629. The van der Waals surface area contributed by atoms with E-state index in [2.05, 4.69) is 0 Å². The van der Waals surface area contributed by atoms with Gasteiger partial charge in [-0.1, -0.05) is 25.0 Å². The van der Waals surface area contributed by atoms with E-state index in [1.807, 2.05) is 0 Å². The number of aromatic hydroxyl groups is 1. The van der Waals surface area contributed by atoms with Crippen molar-refractivity contribution in [3.05, 3.63) is 35.7 Å². The van der Waals surface area contributed by atoms with Crippen molar-refractivity contribution in [2.45, 2.75) is 13.8 Å². The fourth-order valence-electron chi connectivity index (χ4n) is 1.20. The molecule has 0 saturated carbocycles. The van der Waals surface area contributed by atoms with E-state index < -0.39 is 11.8 Å². The molecule has 0 aromatic heterocycles. The summed E-state index contributed by atoms with van der Waals surface area (Å²) >= 11 is 0. The summed E-state index contributed by atoms with van der Waals surface area (Å²) in [6.45, 7) is 3.30. The molecule has 1 N–H and O–H groups in total. The first-order chi connectivity index (χ1) is 7.56. The Balaban J connectivity index is 0.00000256. The normalized spacial score (nSPS) is 9.06. The van der Waals surface area contributed by atoms with E-state index in [0.717, 1.165) is 0 Å². The second-order valence-corrected chi connectivity index (χ2v) is 3.22. The van der Waals surface area contributed by atoms with E-state index in [9.17, 15) is 14.7 Å². The zero-order valence-corrected chi connectivity index (χ0v) is 10.2. The third-order valence-corrected chi connectivity index (χ3v) is 2.03. The molecule has 0 aliphatic rings. The number of phenolic OH excluding ortho intramolecular Hbond substituents is 1. The average molecular weight is 228 g/mol. The molecule has 0 amide bonds. The number of rotatable bonds is 4. The van der Waals surface area contributed by atoms with Crippen molar-refractivity contribution < 1.29 is 38.3 Å². The maximum absolute atomic E-state index is 11.8. The van der Waals surface area contributed by atoms with Gasteiger partial charge in [0.2, 0.25) is 0 Å². The monoisotopic (exact) mass is 228 g/mol. The minimum absolute atomic E-state index is 0. The van der Waals surface area contributed by atoms with E-state index in [0.29, 0.717) is 0 Å². The maximum atomic E-state index is 11.8. The van der Waals surface area contributed by atoms with Crippen LogP contribution in [0.1, 0.15) is 24.2 Å². The largest absolute Gasteiger partial charge is 1.00 e. The third kappa shape index (κ3) is 4.18. The second kappa shape index (κ2) is 7.05. The van der Waals surface area contributed by atoms with Crippen LogP contribution in [0.25, 0.3) is 0 Å². The fraction of sp³-hybridized carbons (Fsp3) is 0.250. The number of ketones is 1. The Morgan fingerprint density at radius 3 is 2.59 bits per heavy atom. The Bertz CT molecular complexity index is 403. The zero-order chi connectivity index (χ0) is 12.1. The van der Waals surface area contributed by atoms with Crippen LogP contribution in [-0.2, 0) is 9.53 Å². The molecule has 0 bridgehead atoms. The SMILES string of the molecule is CCOC(=O)[C-](C)C(=O)c1cccc(O)c1.[Li+]. The summed E-state index contributed by atoms with van der Waals surface area (Å²) in [6, 6.07) is 5.84. The van der Waals surface area contributed by atoms with Crippen molar-refractivity contribution in [2.75, 3.05) is 6.61 Å². The number of carbonyl (C=O) groups is 2. The molecule has 4 nitrogen and oxygen atoms in total. The van der Waals surface area contributed by atoms with Crippen molar-refractivity contribution in [3.8, 4) is 5.75 Å². The van der Waals surface area contributed by atoms with Gasteiger partial charge in [-0.15, -0.1) is 11.6 Å². The van der Waals surface area contributed by atoms with Crippen LogP contribution in [0.4, 0.5) is 0 Å². The molecule has 0 atom stereocenters. The third-order valence-electron chi connectivity index (χ3n) is 2.03. The van der Waals surface area contributed by atoms with Crippen LogP contribution in [0, 0.1) is 5.92 Å². The molecule has 0 spiro atoms. The molecular weight excluding hydrogens is 215 g/mol.